The lowest BCUT2D eigenvalue weighted by Gasteiger charge is -2.04. The number of hydrogen-bond acceptors (Lipinski definition) is 4. The van der Waals surface area contributed by atoms with Crippen LogP contribution in [0, 0.1) is 11.3 Å². The van der Waals surface area contributed by atoms with Gasteiger partial charge in [0, 0.05) is 10.2 Å². The Hall–Kier alpha value is -1.93. The number of anilines is 2. The fourth-order valence-corrected chi connectivity index (χ4v) is 1.40. The Morgan fingerprint density at radius 1 is 1.12 bits per heavy atom. The van der Waals surface area contributed by atoms with Crippen molar-refractivity contribution < 1.29 is 0 Å². The number of benzene rings is 1. The van der Waals surface area contributed by atoms with E-state index >= 15 is 0 Å². The van der Waals surface area contributed by atoms with Gasteiger partial charge in [-0.3, -0.25) is 0 Å². The van der Waals surface area contributed by atoms with Crippen LogP contribution in [0.3, 0.4) is 0 Å². The van der Waals surface area contributed by atoms with Crippen molar-refractivity contribution in [1.82, 2.24) is 9.97 Å². The number of halogens is 1. The summed E-state index contributed by atoms with van der Waals surface area (Å²) < 4.78 is 1.02. The molecule has 2 rings (SSSR count). The summed E-state index contributed by atoms with van der Waals surface area (Å²) in [7, 11) is 0. The van der Waals surface area contributed by atoms with Gasteiger partial charge in [0.15, 0.2) is 5.69 Å². The molecule has 0 aliphatic heterocycles. The molecule has 0 fully saturated rings. The first-order chi connectivity index (χ1) is 7.78. The SMILES string of the molecule is N#Cc1cnc(Nc2ccc(Br)cc2)cn1. The molecule has 0 saturated carbocycles. The van der Waals surface area contributed by atoms with Crippen LogP contribution in [0.25, 0.3) is 0 Å². The second kappa shape index (κ2) is 4.73. The predicted octanol–water partition coefficient (Wildman–Crippen LogP) is 2.85. The van der Waals surface area contributed by atoms with Gasteiger partial charge in [-0.2, -0.15) is 5.26 Å². The maximum atomic E-state index is 8.57. The molecule has 0 radical (unpaired) electrons. The largest absolute Gasteiger partial charge is 0.339 e. The fraction of sp³-hybridized carbons (Fsp3) is 0. The third-order valence-electron chi connectivity index (χ3n) is 1.88. The van der Waals surface area contributed by atoms with E-state index in [1.54, 1.807) is 0 Å². The van der Waals surface area contributed by atoms with E-state index in [0.717, 1.165) is 10.2 Å². The van der Waals surface area contributed by atoms with Crippen molar-refractivity contribution in [2.24, 2.45) is 0 Å². The van der Waals surface area contributed by atoms with Crippen LogP contribution in [0.4, 0.5) is 11.5 Å². The van der Waals surface area contributed by atoms with Crippen molar-refractivity contribution in [3.05, 3.63) is 46.8 Å². The van der Waals surface area contributed by atoms with Gasteiger partial charge in [0.25, 0.3) is 0 Å². The van der Waals surface area contributed by atoms with Gasteiger partial charge in [-0.25, -0.2) is 9.97 Å². The number of rotatable bonds is 2. The van der Waals surface area contributed by atoms with Gasteiger partial charge in [0.05, 0.1) is 12.4 Å². The minimum Gasteiger partial charge on any atom is -0.339 e. The molecule has 0 atom stereocenters. The van der Waals surface area contributed by atoms with Gasteiger partial charge in [0.2, 0.25) is 0 Å². The van der Waals surface area contributed by atoms with Crippen LogP contribution in [0.1, 0.15) is 5.69 Å². The Morgan fingerprint density at radius 3 is 2.44 bits per heavy atom. The number of aromatic nitrogens is 2. The highest BCUT2D eigenvalue weighted by atomic mass is 79.9. The van der Waals surface area contributed by atoms with E-state index in [1.165, 1.54) is 12.4 Å². The Morgan fingerprint density at radius 2 is 1.88 bits per heavy atom. The van der Waals surface area contributed by atoms with Crippen molar-refractivity contribution >= 4 is 27.4 Å². The summed E-state index contributed by atoms with van der Waals surface area (Å²) in [6.07, 6.45) is 2.96. The Labute approximate surface area is 101 Å². The minimum absolute atomic E-state index is 0.307. The molecule has 1 aromatic heterocycles. The standard InChI is InChI=1S/C11H7BrN4/c12-8-1-3-9(4-2-8)16-11-7-14-10(5-13)6-15-11/h1-4,6-7H,(H,15,16). The summed E-state index contributed by atoms with van der Waals surface area (Å²) in [6.45, 7) is 0. The molecule has 0 aliphatic carbocycles. The van der Waals surface area contributed by atoms with Crippen molar-refractivity contribution in [3.63, 3.8) is 0 Å². The number of nitrogens with zero attached hydrogens (tertiary/aromatic N) is 3. The molecular weight excluding hydrogens is 268 g/mol. The van der Waals surface area contributed by atoms with Gasteiger partial charge < -0.3 is 5.32 Å². The lowest BCUT2D eigenvalue weighted by Crippen LogP contribution is -1.95. The van der Waals surface area contributed by atoms with Gasteiger partial charge in [-0.05, 0) is 24.3 Å². The van der Waals surface area contributed by atoms with Crippen molar-refractivity contribution in [3.8, 4) is 6.07 Å². The summed E-state index contributed by atoms with van der Waals surface area (Å²) >= 11 is 3.36. The molecule has 5 heteroatoms. The monoisotopic (exact) mass is 274 g/mol. The summed E-state index contributed by atoms with van der Waals surface area (Å²) in [6, 6.07) is 9.62. The van der Waals surface area contributed by atoms with Gasteiger partial charge in [-0.15, -0.1) is 0 Å². The quantitative estimate of drug-likeness (QED) is 0.915. The van der Waals surface area contributed by atoms with Crippen molar-refractivity contribution in [2.75, 3.05) is 5.32 Å². The van der Waals surface area contributed by atoms with Crippen LogP contribution >= 0.6 is 15.9 Å². The second-order valence-corrected chi connectivity index (χ2v) is 3.95. The van der Waals surface area contributed by atoms with Crippen LogP contribution in [0.2, 0.25) is 0 Å². The topological polar surface area (TPSA) is 61.6 Å². The zero-order chi connectivity index (χ0) is 11.4. The average Bonchev–Trinajstić information content (AvgIpc) is 2.33. The first-order valence-corrected chi connectivity index (χ1v) is 5.32. The maximum absolute atomic E-state index is 8.57. The molecule has 0 aliphatic rings. The summed E-state index contributed by atoms with van der Waals surface area (Å²) in [5.41, 5.74) is 1.23. The molecule has 0 amide bonds. The van der Waals surface area contributed by atoms with E-state index in [-0.39, 0.29) is 0 Å². The zero-order valence-electron chi connectivity index (χ0n) is 8.18. The summed E-state index contributed by atoms with van der Waals surface area (Å²) in [5.74, 6) is 0.612. The highest BCUT2D eigenvalue weighted by molar-refractivity contribution is 9.10. The number of nitriles is 1. The molecule has 1 aromatic carbocycles. The third-order valence-corrected chi connectivity index (χ3v) is 2.41. The molecule has 16 heavy (non-hydrogen) atoms. The van der Waals surface area contributed by atoms with Crippen molar-refractivity contribution in [1.29, 1.82) is 5.26 Å². The van der Waals surface area contributed by atoms with Crippen LogP contribution in [0.15, 0.2) is 41.1 Å². The molecule has 0 unspecified atom stereocenters. The molecule has 78 valence electrons. The molecular formula is C11H7BrN4. The molecule has 2 aromatic rings. The van der Waals surface area contributed by atoms with Gasteiger partial charge in [0.1, 0.15) is 11.9 Å². The minimum atomic E-state index is 0.307. The molecule has 1 heterocycles. The normalized spacial score (nSPS) is 9.50. The highest BCUT2D eigenvalue weighted by Gasteiger charge is 1.97. The van der Waals surface area contributed by atoms with Crippen molar-refractivity contribution in [2.45, 2.75) is 0 Å². The third kappa shape index (κ3) is 2.55. The zero-order valence-corrected chi connectivity index (χ0v) is 9.77. The molecule has 0 saturated heterocycles. The van der Waals surface area contributed by atoms with E-state index < -0.39 is 0 Å². The molecule has 4 nitrogen and oxygen atoms in total. The van der Waals surface area contributed by atoms with Gasteiger partial charge in [-0.1, -0.05) is 15.9 Å². The van der Waals surface area contributed by atoms with E-state index in [1.807, 2.05) is 30.3 Å². The Kier molecular flexibility index (Phi) is 3.13. The van der Waals surface area contributed by atoms with E-state index in [0.29, 0.717) is 11.5 Å². The highest BCUT2D eigenvalue weighted by Crippen LogP contribution is 2.17. The lowest BCUT2D eigenvalue weighted by molar-refractivity contribution is 1.16. The second-order valence-electron chi connectivity index (χ2n) is 3.03. The van der Waals surface area contributed by atoms with E-state index in [4.69, 9.17) is 5.26 Å². The Balaban J connectivity index is 2.15. The molecule has 1 N–H and O–H groups in total. The summed E-state index contributed by atoms with van der Waals surface area (Å²) in [4.78, 5) is 7.97. The first kappa shape index (κ1) is 10.6. The average molecular weight is 275 g/mol. The predicted molar refractivity (Wildman–Crippen MR) is 64.2 cm³/mol. The number of hydrogen-bond donors (Lipinski definition) is 1. The fourth-order valence-electron chi connectivity index (χ4n) is 1.13. The van der Waals surface area contributed by atoms with Gasteiger partial charge >= 0.3 is 0 Å². The van der Waals surface area contributed by atoms with Crippen LogP contribution in [-0.4, -0.2) is 9.97 Å². The Bertz CT molecular complexity index is 513. The molecule has 0 bridgehead atoms. The summed E-state index contributed by atoms with van der Waals surface area (Å²) in [5, 5.41) is 11.6. The maximum Gasteiger partial charge on any atom is 0.158 e. The molecule has 0 spiro atoms. The van der Waals surface area contributed by atoms with E-state index in [9.17, 15) is 0 Å². The first-order valence-electron chi connectivity index (χ1n) is 4.52. The van der Waals surface area contributed by atoms with Crippen LogP contribution in [-0.2, 0) is 0 Å². The number of nitrogens with one attached hydrogen (secondary N) is 1. The van der Waals surface area contributed by atoms with E-state index in [2.05, 4.69) is 31.2 Å². The van der Waals surface area contributed by atoms with Crippen LogP contribution < -0.4 is 5.32 Å². The lowest BCUT2D eigenvalue weighted by atomic mass is 10.3. The smallest absolute Gasteiger partial charge is 0.158 e. The van der Waals surface area contributed by atoms with Crippen LogP contribution in [0.5, 0.6) is 0 Å².